The molecular weight excluding hydrogens is 402 g/mol. The van der Waals surface area contributed by atoms with E-state index in [0.717, 1.165) is 48.5 Å². The van der Waals surface area contributed by atoms with Crippen LogP contribution in [-0.4, -0.2) is 41.9 Å². The van der Waals surface area contributed by atoms with Crippen LogP contribution in [0.25, 0.3) is 11.1 Å². The molecule has 1 saturated heterocycles. The highest BCUT2D eigenvalue weighted by Crippen LogP contribution is 2.28. The van der Waals surface area contributed by atoms with Crippen LogP contribution in [0.4, 0.5) is 5.69 Å². The maximum atomic E-state index is 13.0. The second-order valence-electron chi connectivity index (χ2n) is 8.27. The van der Waals surface area contributed by atoms with E-state index in [1.165, 1.54) is 0 Å². The minimum Gasteiger partial charge on any atom is -0.456 e. The van der Waals surface area contributed by atoms with Gasteiger partial charge in [0.05, 0.1) is 6.04 Å². The standard InChI is InChI=1S/C26H29N3O3/c1-18-12-13-24(32-18)26(31)27-21-14-16-29(17-15-21)19(2)25(30)28-23-11-7-6-10-22(23)20-8-4-3-5-9-20/h3-13,19,21H,14-17H2,1-2H3,(H,27,31)(H,28,30). The summed E-state index contributed by atoms with van der Waals surface area (Å²) in [6.45, 7) is 5.25. The van der Waals surface area contributed by atoms with E-state index >= 15 is 0 Å². The second-order valence-corrected chi connectivity index (χ2v) is 8.27. The molecule has 0 spiro atoms. The van der Waals surface area contributed by atoms with Gasteiger partial charge in [-0.15, -0.1) is 0 Å². The Kier molecular flexibility index (Phi) is 6.71. The first-order valence-electron chi connectivity index (χ1n) is 11.1. The van der Waals surface area contributed by atoms with Crippen LogP contribution in [0.1, 0.15) is 36.1 Å². The van der Waals surface area contributed by atoms with E-state index in [1.807, 2.05) is 68.4 Å². The number of hydrogen-bond acceptors (Lipinski definition) is 4. The van der Waals surface area contributed by atoms with Gasteiger partial charge in [-0.3, -0.25) is 14.5 Å². The molecule has 6 nitrogen and oxygen atoms in total. The molecule has 0 radical (unpaired) electrons. The molecule has 1 aromatic heterocycles. The lowest BCUT2D eigenvalue weighted by Crippen LogP contribution is -2.50. The summed E-state index contributed by atoms with van der Waals surface area (Å²) in [5.74, 6) is 0.857. The Balaban J connectivity index is 1.32. The number of piperidine rings is 1. The lowest BCUT2D eigenvalue weighted by atomic mass is 10.0. The molecule has 2 amide bonds. The number of carbonyl (C=O) groups excluding carboxylic acids is 2. The number of hydrogen-bond donors (Lipinski definition) is 2. The molecule has 4 rings (SSSR count). The van der Waals surface area contributed by atoms with Crippen molar-refractivity contribution in [3.05, 3.63) is 78.3 Å². The molecule has 0 aliphatic carbocycles. The topological polar surface area (TPSA) is 74.6 Å². The molecule has 2 N–H and O–H groups in total. The first kappa shape index (κ1) is 21.8. The summed E-state index contributed by atoms with van der Waals surface area (Å²) < 4.78 is 5.40. The fourth-order valence-electron chi connectivity index (χ4n) is 4.11. The fourth-order valence-corrected chi connectivity index (χ4v) is 4.11. The third-order valence-electron chi connectivity index (χ3n) is 6.03. The third-order valence-corrected chi connectivity index (χ3v) is 6.03. The highest BCUT2D eigenvalue weighted by Gasteiger charge is 2.28. The van der Waals surface area contributed by atoms with Crippen LogP contribution in [0.15, 0.2) is 71.1 Å². The van der Waals surface area contributed by atoms with Gasteiger partial charge in [-0.25, -0.2) is 0 Å². The zero-order valence-electron chi connectivity index (χ0n) is 18.5. The first-order valence-corrected chi connectivity index (χ1v) is 11.1. The van der Waals surface area contributed by atoms with Gasteiger partial charge in [-0.2, -0.15) is 0 Å². The van der Waals surface area contributed by atoms with Crippen molar-refractivity contribution in [3.63, 3.8) is 0 Å². The second kappa shape index (κ2) is 9.83. The van der Waals surface area contributed by atoms with Gasteiger partial charge in [0.15, 0.2) is 5.76 Å². The van der Waals surface area contributed by atoms with E-state index in [9.17, 15) is 9.59 Å². The number of nitrogens with one attached hydrogen (secondary N) is 2. The Labute approximate surface area is 188 Å². The minimum atomic E-state index is -0.261. The predicted molar refractivity (Wildman–Crippen MR) is 125 cm³/mol. The van der Waals surface area contributed by atoms with Gasteiger partial charge in [0.2, 0.25) is 5.91 Å². The molecule has 1 fully saturated rings. The summed E-state index contributed by atoms with van der Waals surface area (Å²) >= 11 is 0. The summed E-state index contributed by atoms with van der Waals surface area (Å²) in [5.41, 5.74) is 2.88. The molecule has 1 unspecified atom stereocenters. The molecule has 2 heterocycles. The maximum Gasteiger partial charge on any atom is 0.287 e. The number of carbonyl (C=O) groups is 2. The minimum absolute atomic E-state index is 0.0260. The molecule has 2 aromatic carbocycles. The molecule has 32 heavy (non-hydrogen) atoms. The van der Waals surface area contributed by atoms with E-state index in [1.54, 1.807) is 12.1 Å². The lowest BCUT2D eigenvalue weighted by Gasteiger charge is -2.35. The molecule has 1 atom stereocenters. The molecular formula is C26H29N3O3. The van der Waals surface area contributed by atoms with E-state index < -0.39 is 0 Å². The van der Waals surface area contributed by atoms with Crippen molar-refractivity contribution in [3.8, 4) is 11.1 Å². The number of benzene rings is 2. The van der Waals surface area contributed by atoms with E-state index in [4.69, 9.17) is 4.42 Å². The molecule has 3 aromatic rings. The smallest absolute Gasteiger partial charge is 0.287 e. The quantitative estimate of drug-likeness (QED) is 0.604. The van der Waals surface area contributed by atoms with Crippen molar-refractivity contribution < 1.29 is 14.0 Å². The van der Waals surface area contributed by atoms with E-state index in [0.29, 0.717) is 5.76 Å². The average molecular weight is 432 g/mol. The predicted octanol–water partition coefficient (Wildman–Crippen LogP) is 4.48. The summed E-state index contributed by atoms with van der Waals surface area (Å²) in [6, 6.07) is 21.2. The molecule has 6 heteroatoms. The molecule has 166 valence electrons. The van der Waals surface area contributed by atoms with Crippen LogP contribution in [0, 0.1) is 6.92 Å². The average Bonchev–Trinajstić information content (AvgIpc) is 3.26. The number of amides is 2. The van der Waals surface area contributed by atoms with Crippen molar-refractivity contribution in [1.29, 1.82) is 0 Å². The van der Waals surface area contributed by atoms with Gasteiger partial charge in [0, 0.05) is 30.4 Å². The van der Waals surface area contributed by atoms with Crippen LogP contribution in [0.5, 0.6) is 0 Å². The lowest BCUT2D eigenvalue weighted by molar-refractivity contribution is -0.121. The largest absolute Gasteiger partial charge is 0.456 e. The number of aryl methyl sites for hydroxylation is 1. The summed E-state index contributed by atoms with van der Waals surface area (Å²) in [5, 5.41) is 6.15. The SMILES string of the molecule is Cc1ccc(C(=O)NC2CCN(C(C)C(=O)Nc3ccccc3-c3ccccc3)CC2)o1. The summed E-state index contributed by atoms with van der Waals surface area (Å²) in [7, 11) is 0. The number of para-hydroxylation sites is 1. The summed E-state index contributed by atoms with van der Waals surface area (Å²) in [6.07, 6.45) is 1.59. The molecule has 0 saturated carbocycles. The van der Waals surface area contributed by atoms with Gasteiger partial charge >= 0.3 is 0 Å². The Morgan fingerprint density at radius 2 is 1.66 bits per heavy atom. The van der Waals surface area contributed by atoms with Gasteiger partial charge in [-0.05, 0) is 50.5 Å². The number of nitrogens with zero attached hydrogens (tertiary/aromatic N) is 1. The van der Waals surface area contributed by atoms with Crippen LogP contribution in [-0.2, 0) is 4.79 Å². The Morgan fingerprint density at radius 1 is 0.969 bits per heavy atom. The zero-order chi connectivity index (χ0) is 22.5. The number of likely N-dealkylation sites (tertiary alicyclic amines) is 1. The molecule has 0 bridgehead atoms. The van der Waals surface area contributed by atoms with Crippen LogP contribution >= 0.6 is 0 Å². The van der Waals surface area contributed by atoms with Crippen molar-refractivity contribution in [1.82, 2.24) is 10.2 Å². The van der Waals surface area contributed by atoms with Crippen molar-refractivity contribution in [2.45, 2.75) is 38.8 Å². The Hall–Kier alpha value is -3.38. The van der Waals surface area contributed by atoms with Crippen LogP contribution in [0.3, 0.4) is 0 Å². The Bertz CT molecular complexity index is 1070. The van der Waals surface area contributed by atoms with Gasteiger partial charge < -0.3 is 15.1 Å². The van der Waals surface area contributed by atoms with Crippen molar-refractivity contribution in [2.24, 2.45) is 0 Å². The highest BCUT2D eigenvalue weighted by molar-refractivity contribution is 5.98. The van der Waals surface area contributed by atoms with E-state index in [2.05, 4.69) is 15.5 Å². The van der Waals surface area contributed by atoms with Crippen LogP contribution < -0.4 is 10.6 Å². The fraction of sp³-hybridized carbons (Fsp3) is 0.308. The van der Waals surface area contributed by atoms with Gasteiger partial charge in [-0.1, -0.05) is 48.5 Å². The van der Waals surface area contributed by atoms with Crippen molar-refractivity contribution in [2.75, 3.05) is 18.4 Å². The highest BCUT2D eigenvalue weighted by atomic mass is 16.3. The first-order chi connectivity index (χ1) is 15.5. The van der Waals surface area contributed by atoms with Crippen LogP contribution in [0.2, 0.25) is 0 Å². The van der Waals surface area contributed by atoms with Crippen molar-refractivity contribution >= 4 is 17.5 Å². The Morgan fingerprint density at radius 3 is 2.34 bits per heavy atom. The number of furan rings is 1. The van der Waals surface area contributed by atoms with Gasteiger partial charge in [0.1, 0.15) is 5.76 Å². The third kappa shape index (κ3) is 5.08. The zero-order valence-corrected chi connectivity index (χ0v) is 18.5. The molecule has 1 aliphatic rings. The molecule has 1 aliphatic heterocycles. The van der Waals surface area contributed by atoms with E-state index in [-0.39, 0.29) is 23.9 Å². The maximum absolute atomic E-state index is 13.0. The normalized spacial score (nSPS) is 15.8. The summed E-state index contributed by atoms with van der Waals surface area (Å²) in [4.78, 5) is 27.5. The number of anilines is 1. The van der Waals surface area contributed by atoms with Gasteiger partial charge in [0.25, 0.3) is 5.91 Å². The monoisotopic (exact) mass is 431 g/mol. The number of rotatable bonds is 6.